The fourth-order valence-electron chi connectivity index (χ4n) is 3.61. The van der Waals surface area contributed by atoms with Gasteiger partial charge in [-0.2, -0.15) is 4.72 Å². The summed E-state index contributed by atoms with van der Waals surface area (Å²) in [5.41, 5.74) is 2.65. The lowest BCUT2D eigenvalue weighted by atomic mass is 9.84. The molecule has 0 radical (unpaired) electrons. The van der Waals surface area contributed by atoms with E-state index in [1.165, 1.54) is 49.8 Å². The number of benzene rings is 2. The van der Waals surface area contributed by atoms with Gasteiger partial charge in [0.05, 0.1) is 4.90 Å². The van der Waals surface area contributed by atoms with E-state index >= 15 is 0 Å². The zero-order chi connectivity index (χ0) is 21.6. The maximum Gasteiger partial charge on any atom is 0.321 e. The largest absolute Gasteiger partial charge is 0.456 e. The molecule has 0 atom stereocenters. The first-order valence-electron chi connectivity index (χ1n) is 10.2. The minimum absolute atomic E-state index is 0.0648. The number of sulfonamides is 1. The number of rotatable bonds is 8. The summed E-state index contributed by atoms with van der Waals surface area (Å²) >= 11 is 0. The standard InChI is InChI=1S/C23H27NO5S/c1-17-7-13-21(14-8-17)30(27,28)24-15-23(26)29-16-22(25)20-11-9-19(10-12-20)18-5-3-2-4-6-18/h7-14,18,24H,2-6,15-16H2,1H3. The number of aryl methyl sites for hydroxylation is 1. The molecule has 1 saturated carbocycles. The second-order valence-electron chi connectivity index (χ2n) is 7.68. The van der Waals surface area contributed by atoms with Gasteiger partial charge < -0.3 is 4.74 Å². The number of esters is 1. The van der Waals surface area contributed by atoms with Gasteiger partial charge in [0.25, 0.3) is 0 Å². The molecule has 6 nitrogen and oxygen atoms in total. The number of nitrogens with one attached hydrogen (secondary N) is 1. The Bertz CT molecular complexity index is 975. The zero-order valence-corrected chi connectivity index (χ0v) is 17.9. The first-order chi connectivity index (χ1) is 14.3. The van der Waals surface area contributed by atoms with Crippen LogP contribution >= 0.6 is 0 Å². The minimum Gasteiger partial charge on any atom is -0.456 e. The quantitative estimate of drug-likeness (QED) is 0.510. The zero-order valence-electron chi connectivity index (χ0n) is 17.1. The maximum absolute atomic E-state index is 12.3. The third-order valence-electron chi connectivity index (χ3n) is 5.41. The summed E-state index contributed by atoms with van der Waals surface area (Å²) in [6.45, 7) is 0.889. The molecule has 0 aromatic heterocycles. The fourth-order valence-corrected chi connectivity index (χ4v) is 4.58. The van der Waals surface area contributed by atoms with Crippen molar-refractivity contribution >= 4 is 21.8 Å². The van der Waals surface area contributed by atoms with Crippen LogP contribution in [0.5, 0.6) is 0 Å². The number of ketones is 1. The van der Waals surface area contributed by atoms with Gasteiger partial charge in [0.2, 0.25) is 10.0 Å². The van der Waals surface area contributed by atoms with Crippen LogP contribution in [0.2, 0.25) is 0 Å². The maximum atomic E-state index is 12.3. The Labute approximate surface area is 177 Å². The summed E-state index contributed by atoms with van der Waals surface area (Å²) in [6.07, 6.45) is 6.15. The van der Waals surface area contributed by atoms with E-state index in [0.717, 1.165) is 5.56 Å². The molecule has 1 aliphatic rings. The summed E-state index contributed by atoms with van der Waals surface area (Å²) in [5, 5.41) is 0. The Morgan fingerprint density at radius 3 is 2.23 bits per heavy atom. The highest BCUT2D eigenvalue weighted by atomic mass is 32.2. The number of carbonyl (C=O) groups is 2. The number of Topliss-reactive ketones (excluding diaryl/α,β-unsaturated/α-hetero) is 1. The molecule has 0 amide bonds. The monoisotopic (exact) mass is 429 g/mol. The molecule has 2 aromatic rings. The van der Waals surface area contributed by atoms with Gasteiger partial charge >= 0.3 is 5.97 Å². The smallest absolute Gasteiger partial charge is 0.321 e. The second kappa shape index (κ2) is 10.00. The fraction of sp³-hybridized carbons (Fsp3) is 0.391. The van der Waals surface area contributed by atoms with E-state index in [0.29, 0.717) is 11.5 Å². The first kappa shape index (κ1) is 22.2. The van der Waals surface area contributed by atoms with Crippen LogP contribution in [0.3, 0.4) is 0 Å². The lowest BCUT2D eigenvalue weighted by molar-refractivity contribution is -0.141. The molecule has 7 heteroatoms. The average molecular weight is 430 g/mol. The van der Waals surface area contributed by atoms with Crippen LogP contribution in [0, 0.1) is 6.92 Å². The lowest BCUT2D eigenvalue weighted by Crippen LogP contribution is -2.31. The molecule has 1 N–H and O–H groups in total. The molecular formula is C23H27NO5S. The molecule has 1 aliphatic carbocycles. The molecule has 2 aromatic carbocycles. The highest BCUT2D eigenvalue weighted by molar-refractivity contribution is 7.89. The van der Waals surface area contributed by atoms with Gasteiger partial charge in [-0.15, -0.1) is 0 Å². The van der Waals surface area contributed by atoms with Crippen molar-refractivity contribution in [2.75, 3.05) is 13.2 Å². The van der Waals surface area contributed by atoms with Crippen molar-refractivity contribution in [1.29, 1.82) is 0 Å². The van der Waals surface area contributed by atoms with Crippen molar-refractivity contribution in [2.45, 2.75) is 49.8 Å². The Hall–Kier alpha value is -2.51. The Balaban J connectivity index is 1.47. The normalized spacial score (nSPS) is 15.0. The van der Waals surface area contributed by atoms with Crippen LogP contribution in [0.15, 0.2) is 53.4 Å². The van der Waals surface area contributed by atoms with Crippen LogP contribution in [0.1, 0.15) is 59.5 Å². The molecule has 3 rings (SSSR count). The number of hydrogen-bond donors (Lipinski definition) is 1. The van der Waals surface area contributed by atoms with E-state index in [-0.39, 0.29) is 10.7 Å². The van der Waals surface area contributed by atoms with Crippen LogP contribution in [-0.2, 0) is 19.6 Å². The Kier molecular flexibility index (Phi) is 7.39. The van der Waals surface area contributed by atoms with Gasteiger partial charge in [0, 0.05) is 5.56 Å². The van der Waals surface area contributed by atoms with Crippen molar-refractivity contribution in [2.24, 2.45) is 0 Å². The molecule has 30 heavy (non-hydrogen) atoms. The molecule has 160 valence electrons. The van der Waals surface area contributed by atoms with Crippen molar-refractivity contribution in [3.63, 3.8) is 0 Å². The second-order valence-corrected chi connectivity index (χ2v) is 9.45. The van der Waals surface area contributed by atoms with Crippen LogP contribution in [0.25, 0.3) is 0 Å². The molecule has 0 heterocycles. The van der Waals surface area contributed by atoms with Crippen molar-refractivity contribution < 1.29 is 22.7 Å². The molecule has 1 fully saturated rings. The summed E-state index contributed by atoms with van der Waals surface area (Å²) in [5.74, 6) is -0.569. The molecule has 0 unspecified atom stereocenters. The highest BCUT2D eigenvalue weighted by Crippen LogP contribution is 2.32. The van der Waals surface area contributed by atoms with Crippen molar-refractivity contribution in [1.82, 2.24) is 4.72 Å². The Morgan fingerprint density at radius 2 is 1.60 bits per heavy atom. The predicted molar refractivity (Wildman–Crippen MR) is 114 cm³/mol. The van der Waals surface area contributed by atoms with Gasteiger partial charge in [-0.1, -0.05) is 61.2 Å². The van der Waals surface area contributed by atoms with E-state index in [4.69, 9.17) is 4.74 Å². The highest BCUT2D eigenvalue weighted by Gasteiger charge is 2.18. The summed E-state index contributed by atoms with van der Waals surface area (Å²) in [4.78, 5) is 24.2. The predicted octanol–water partition coefficient (Wildman–Crippen LogP) is 3.75. The van der Waals surface area contributed by atoms with Gasteiger partial charge in [0.15, 0.2) is 12.4 Å². The third-order valence-corrected chi connectivity index (χ3v) is 6.83. The van der Waals surface area contributed by atoms with E-state index in [9.17, 15) is 18.0 Å². The van der Waals surface area contributed by atoms with Crippen molar-refractivity contribution in [3.8, 4) is 0 Å². The van der Waals surface area contributed by atoms with Crippen molar-refractivity contribution in [3.05, 3.63) is 65.2 Å². The molecule has 0 spiro atoms. The van der Waals surface area contributed by atoms with E-state index in [2.05, 4.69) is 4.72 Å². The van der Waals surface area contributed by atoms with Gasteiger partial charge in [-0.05, 0) is 43.4 Å². The molecule has 0 bridgehead atoms. The third kappa shape index (κ3) is 6.00. The molecular weight excluding hydrogens is 402 g/mol. The SMILES string of the molecule is Cc1ccc(S(=O)(=O)NCC(=O)OCC(=O)c2ccc(C3CCCCC3)cc2)cc1. The summed E-state index contributed by atoms with van der Waals surface area (Å²) in [7, 11) is -3.81. The number of ether oxygens (including phenoxy) is 1. The summed E-state index contributed by atoms with van der Waals surface area (Å²) in [6, 6.07) is 13.7. The minimum atomic E-state index is -3.81. The van der Waals surface area contributed by atoms with E-state index in [1.54, 1.807) is 24.3 Å². The van der Waals surface area contributed by atoms with Crippen LogP contribution in [-0.4, -0.2) is 33.3 Å². The van der Waals surface area contributed by atoms with Gasteiger partial charge in [0.1, 0.15) is 6.54 Å². The van der Waals surface area contributed by atoms with E-state index < -0.39 is 29.1 Å². The first-order valence-corrected chi connectivity index (χ1v) is 11.7. The molecule has 0 aliphatic heterocycles. The average Bonchev–Trinajstić information content (AvgIpc) is 2.77. The van der Waals surface area contributed by atoms with E-state index in [1.807, 2.05) is 19.1 Å². The van der Waals surface area contributed by atoms with Crippen LogP contribution in [0.4, 0.5) is 0 Å². The summed E-state index contributed by atoms with van der Waals surface area (Å²) < 4.78 is 31.5. The topological polar surface area (TPSA) is 89.5 Å². The lowest BCUT2D eigenvalue weighted by Gasteiger charge is -2.22. The van der Waals surface area contributed by atoms with Gasteiger partial charge in [-0.25, -0.2) is 8.42 Å². The number of hydrogen-bond acceptors (Lipinski definition) is 5. The van der Waals surface area contributed by atoms with Crippen LogP contribution < -0.4 is 4.72 Å². The Morgan fingerprint density at radius 1 is 0.967 bits per heavy atom. The number of carbonyl (C=O) groups excluding carboxylic acids is 2. The van der Waals surface area contributed by atoms with Gasteiger partial charge in [-0.3, -0.25) is 9.59 Å². The molecule has 0 saturated heterocycles.